The van der Waals surface area contributed by atoms with Gasteiger partial charge in [0.05, 0.1) is 6.10 Å². The second-order valence-corrected chi connectivity index (χ2v) is 5.55. The Morgan fingerprint density at radius 3 is 2.23 bits per heavy atom. The second kappa shape index (κ2) is 6.34. The smallest absolute Gasteiger partial charge is 0.147 e. The molecule has 2 N–H and O–H groups in total. The first-order valence-electron chi connectivity index (χ1n) is 4.42. The summed E-state index contributed by atoms with van der Waals surface area (Å²) in [6.07, 6.45) is 2.81. The average Bonchev–Trinajstić information content (AvgIpc) is 1.98. The molecule has 80 valence electrons. The summed E-state index contributed by atoms with van der Waals surface area (Å²) < 4.78 is 21.4. The van der Waals surface area contributed by atoms with E-state index in [1.807, 2.05) is 0 Å². The van der Waals surface area contributed by atoms with Crippen molar-refractivity contribution in [2.45, 2.75) is 31.8 Å². The van der Waals surface area contributed by atoms with Crippen molar-refractivity contribution in [1.29, 1.82) is 0 Å². The van der Waals surface area contributed by atoms with Crippen LogP contribution in [-0.4, -0.2) is 43.4 Å². The lowest BCUT2D eigenvalue weighted by molar-refractivity contribution is 0.140. The highest BCUT2D eigenvalue weighted by Crippen LogP contribution is 2.05. The van der Waals surface area contributed by atoms with Crippen molar-refractivity contribution in [3.05, 3.63) is 0 Å². The van der Waals surface area contributed by atoms with Gasteiger partial charge in [0.15, 0.2) is 0 Å². The molecule has 0 aliphatic carbocycles. The fourth-order valence-corrected chi connectivity index (χ4v) is 1.74. The van der Waals surface area contributed by atoms with Gasteiger partial charge in [-0.15, -0.1) is 0 Å². The SMILES string of the molecule is CS(=O)(=O)CCCC(O)CCCO. The first-order chi connectivity index (χ1) is 5.95. The fourth-order valence-electron chi connectivity index (χ4n) is 1.05. The predicted molar refractivity (Wildman–Crippen MR) is 51.3 cm³/mol. The van der Waals surface area contributed by atoms with E-state index in [2.05, 4.69) is 0 Å². The van der Waals surface area contributed by atoms with Gasteiger partial charge in [-0.1, -0.05) is 0 Å². The van der Waals surface area contributed by atoms with Gasteiger partial charge >= 0.3 is 0 Å². The third-order valence-corrected chi connectivity index (χ3v) is 2.78. The summed E-state index contributed by atoms with van der Waals surface area (Å²) in [6.45, 7) is 0.0726. The van der Waals surface area contributed by atoms with Crippen LogP contribution < -0.4 is 0 Å². The van der Waals surface area contributed by atoms with Crippen molar-refractivity contribution in [2.24, 2.45) is 0 Å². The zero-order valence-corrected chi connectivity index (χ0v) is 8.76. The van der Waals surface area contributed by atoms with Crippen LogP contribution in [0.4, 0.5) is 0 Å². The molecule has 0 radical (unpaired) electrons. The summed E-state index contributed by atoms with van der Waals surface area (Å²) in [5.74, 6) is 0.128. The highest BCUT2D eigenvalue weighted by Gasteiger charge is 2.06. The van der Waals surface area contributed by atoms with Crippen molar-refractivity contribution in [2.75, 3.05) is 18.6 Å². The van der Waals surface area contributed by atoms with Crippen molar-refractivity contribution >= 4 is 9.84 Å². The maximum atomic E-state index is 10.7. The quantitative estimate of drug-likeness (QED) is 0.617. The van der Waals surface area contributed by atoms with Gasteiger partial charge < -0.3 is 10.2 Å². The monoisotopic (exact) mass is 210 g/mol. The fraction of sp³-hybridized carbons (Fsp3) is 1.00. The molecule has 0 aliphatic rings. The Morgan fingerprint density at radius 2 is 1.77 bits per heavy atom. The van der Waals surface area contributed by atoms with Crippen LogP contribution in [0.2, 0.25) is 0 Å². The molecule has 0 saturated heterocycles. The molecule has 13 heavy (non-hydrogen) atoms. The summed E-state index contributed by atoms with van der Waals surface area (Å²) in [6, 6.07) is 0. The van der Waals surface area contributed by atoms with E-state index in [4.69, 9.17) is 5.11 Å². The van der Waals surface area contributed by atoms with E-state index in [1.54, 1.807) is 0 Å². The summed E-state index contributed by atoms with van der Waals surface area (Å²) in [5.41, 5.74) is 0. The van der Waals surface area contributed by atoms with Gasteiger partial charge in [0.2, 0.25) is 0 Å². The van der Waals surface area contributed by atoms with Crippen LogP contribution >= 0.6 is 0 Å². The van der Waals surface area contributed by atoms with Crippen LogP contribution in [0.3, 0.4) is 0 Å². The molecule has 0 amide bonds. The van der Waals surface area contributed by atoms with E-state index in [0.717, 1.165) is 0 Å². The molecule has 4 nitrogen and oxygen atoms in total. The molecule has 0 heterocycles. The molecular weight excluding hydrogens is 192 g/mol. The van der Waals surface area contributed by atoms with Crippen LogP contribution in [0, 0.1) is 0 Å². The molecule has 0 fully saturated rings. The Bertz CT molecular complexity index is 210. The van der Waals surface area contributed by atoms with Crippen LogP contribution in [0.25, 0.3) is 0 Å². The van der Waals surface area contributed by atoms with Gasteiger partial charge in [-0.2, -0.15) is 0 Å². The molecule has 1 atom stereocenters. The van der Waals surface area contributed by atoms with Crippen molar-refractivity contribution in [1.82, 2.24) is 0 Å². The van der Waals surface area contributed by atoms with Crippen LogP contribution in [0.15, 0.2) is 0 Å². The summed E-state index contributed by atoms with van der Waals surface area (Å²) in [4.78, 5) is 0. The van der Waals surface area contributed by atoms with Gasteiger partial charge in [0, 0.05) is 18.6 Å². The molecule has 0 aromatic carbocycles. The topological polar surface area (TPSA) is 74.6 Å². The standard InChI is InChI=1S/C8H18O4S/c1-13(11,12)7-3-5-8(10)4-2-6-9/h8-10H,2-7H2,1H3. The minimum absolute atomic E-state index is 0.0726. The molecule has 0 aromatic heterocycles. The Balaban J connectivity index is 3.42. The number of hydrogen-bond acceptors (Lipinski definition) is 4. The number of sulfone groups is 1. The maximum Gasteiger partial charge on any atom is 0.147 e. The number of rotatable bonds is 7. The molecule has 0 rings (SSSR count). The van der Waals surface area contributed by atoms with Crippen LogP contribution in [0.5, 0.6) is 0 Å². The lowest BCUT2D eigenvalue weighted by Gasteiger charge is -2.08. The zero-order valence-electron chi connectivity index (χ0n) is 7.94. The first kappa shape index (κ1) is 12.9. The summed E-state index contributed by atoms with van der Waals surface area (Å²) >= 11 is 0. The van der Waals surface area contributed by atoms with Gasteiger partial charge in [-0.05, 0) is 25.7 Å². The van der Waals surface area contributed by atoms with Crippen molar-refractivity contribution in [3.8, 4) is 0 Å². The molecule has 0 bridgehead atoms. The molecule has 0 aromatic rings. The van der Waals surface area contributed by atoms with Crippen molar-refractivity contribution in [3.63, 3.8) is 0 Å². The molecule has 0 saturated carbocycles. The van der Waals surface area contributed by atoms with Gasteiger partial charge in [0.25, 0.3) is 0 Å². The Hall–Kier alpha value is -0.130. The normalized spacial score (nSPS) is 14.4. The van der Waals surface area contributed by atoms with Crippen LogP contribution in [0.1, 0.15) is 25.7 Å². The lowest BCUT2D eigenvalue weighted by atomic mass is 10.1. The van der Waals surface area contributed by atoms with Crippen molar-refractivity contribution < 1.29 is 18.6 Å². The molecular formula is C8H18O4S. The molecule has 0 aliphatic heterocycles. The highest BCUT2D eigenvalue weighted by molar-refractivity contribution is 7.90. The Labute approximate surface area is 79.5 Å². The number of hydrogen-bond donors (Lipinski definition) is 2. The highest BCUT2D eigenvalue weighted by atomic mass is 32.2. The summed E-state index contributed by atoms with van der Waals surface area (Å²) in [7, 11) is -2.90. The zero-order chi connectivity index (χ0) is 10.3. The van der Waals surface area contributed by atoms with E-state index in [-0.39, 0.29) is 12.4 Å². The predicted octanol–water partition coefficient (Wildman–Crippen LogP) is -0.0554. The molecule has 1 unspecified atom stereocenters. The minimum Gasteiger partial charge on any atom is -0.396 e. The maximum absolute atomic E-state index is 10.7. The largest absolute Gasteiger partial charge is 0.396 e. The average molecular weight is 210 g/mol. The third-order valence-electron chi connectivity index (χ3n) is 1.75. The van der Waals surface area contributed by atoms with E-state index in [9.17, 15) is 13.5 Å². The minimum atomic E-state index is -2.90. The molecule has 5 heteroatoms. The third kappa shape index (κ3) is 9.79. The summed E-state index contributed by atoms with van der Waals surface area (Å²) in [5, 5.41) is 17.7. The number of aliphatic hydroxyl groups is 2. The Morgan fingerprint density at radius 1 is 1.23 bits per heavy atom. The van der Waals surface area contributed by atoms with Crippen LogP contribution in [-0.2, 0) is 9.84 Å². The van der Waals surface area contributed by atoms with Gasteiger partial charge in [-0.25, -0.2) is 8.42 Å². The van der Waals surface area contributed by atoms with Gasteiger partial charge in [-0.3, -0.25) is 0 Å². The van der Waals surface area contributed by atoms with E-state index < -0.39 is 15.9 Å². The Kier molecular flexibility index (Phi) is 6.28. The number of aliphatic hydroxyl groups excluding tert-OH is 2. The lowest BCUT2D eigenvalue weighted by Crippen LogP contribution is -2.10. The molecule has 0 spiro atoms. The van der Waals surface area contributed by atoms with E-state index >= 15 is 0 Å². The van der Waals surface area contributed by atoms with E-state index in [1.165, 1.54) is 6.26 Å². The first-order valence-corrected chi connectivity index (χ1v) is 6.48. The van der Waals surface area contributed by atoms with Gasteiger partial charge in [0.1, 0.15) is 9.84 Å². The van der Waals surface area contributed by atoms with E-state index in [0.29, 0.717) is 25.7 Å². The second-order valence-electron chi connectivity index (χ2n) is 3.29.